The van der Waals surface area contributed by atoms with Crippen molar-refractivity contribution in [3.05, 3.63) is 48.6 Å². The van der Waals surface area contributed by atoms with E-state index in [1.807, 2.05) is 0 Å². The van der Waals surface area contributed by atoms with E-state index < -0.39 is 0 Å². The second-order valence-electron chi connectivity index (χ2n) is 7.23. The summed E-state index contributed by atoms with van der Waals surface area (Å²) >= 11 is 0. The Labute approximate surface area is 135 Å². The minimum atomic E-state index is 0.517. The van der Waals surface area contributed by atoms with Crippen LogP contribution in [-0.2, 0) is 4.74 Å². The van der Waals surface area contributed by atoms with E-state index in [0.29, 0.717) is 12.0 Å². The van der Waals surface area contributed by atoms with Gasteiger partial charge in [-0.05, 0) is 68.8 Å². The second kappa shape index (κ2) is 7.97. The summed E-state index contributed by atoms with van der Waals surface area (Å²) in [4.78, 5) is 0. The molecule has 1 aliphatic carbocycles. The molecule has 2 atom stereocenters. The van der Waals surface area contributed by atoms with Crippen LogP contribution in [0.2, 0.25) is 0 Å². The van der Waals surface area contributed by atoms with Crippen LogP contribution in [0.25, 0.3) is 0 Å². The minimum absolute atomic E-state index is 0.517. The highest BCUT2D eigenvalue weighted by molar-refractivity contribution is 5.19. The maximum Gasteiger partial charge on any atom is 0.0575 e. The van der Waals surface area contributed by atoms with Crippen molar-refractivity contribution in [1.29, 1.82) is 0 Å². The molecule has 1 nitrogen and oxygen atoms in total. The van der Waals surface area contributed by atoms with Crippen LogP contribution in [0.15, 0.2) is 43.0 Å². The standard InChI is InChI=1S/C21H30O/c1-2-17-10-14-21(22-16-17)15-11-18-8-12-20(13-9-18)19-6-4-3-5-7-19/h2-7,17-18,20-21H,1,8-16H2. The molecule has 1 heterocycles. The van der Waals surface area contributed by atoms with Gasteiger partial charge in [-0.2, -0.15) is 0 Å². The molecule has 1 saturated heterocycles. The zero-order valence-electron chi connectivity index (χ0n) is 13.8. The second-order valence-corrected chi connectivity index (χ2v) is 7.23. The zero-order valence-corrected chi connectivity index (χ0v) is 13.8. The number of rotatable bonds is 5. The van der Waals surface area contributed by atoms with Gasteiger partial charge in [0.05, 0.1) is 12.7 Å². The Morgan fingerprint density at radius 3 is 2.36 bits per heavy atom. The van der Waals surface area contributed by atoms with E-state index in [4.69, 9.17) is 4.74 Å². The lowest BCUT2D eigenvalue weighted by molar-refractivity contribution is -0.0120. The fourth-order valence-electron chi connectivity index (χ4n) is 4.17. The molecule has 1 heteroatoms. The minimum Gasteiger partial charge on any atom is -0.378 e. The third kappa shape index (κ3) is 4.23. The van der Waals surface area contributed by atoms with Crippen molar-refractivity contribution in [1.82, 2.24) is 0 Å². The Bertz CT molecular complexity index is 436. The Hall–Kier alpha value is -1.08. The average Bonchev–Trinajstić information content (AvgIpc) is 2.61. The molecule has 120 valence electrons. The maximum atomic E-state index is 5.99. The van der Waals surface area contributed by atoms with Gasteiger partial charge >= 0.3 is 0 Å². The Morgan fingerprint density at radius 2 is 1.73 bits per heavy atom. The number of ether oxygens (including phenoxy) is 1. The first kappa shape index (κ1) is 15.8. The molecule has 2 unspecified atom stereocenters. The average molecular weight is 298 g/mol. The first-order valence-electron chi connectivity index (χ1n) is 9.14. The molecule has 3 rings (SSSR count). The molecule has 1 aliphatic heterocycles. The normalized spacial score (nSPS) is 32.5. The van der Waals surface area contributed by atoms with Crippen LogP contribution in [0.5, 0.6) is 0 Å². The lowest BCUT2D eigenvalue weighted by atomic mass is 9.77. The fraction of sp³-hybridized carbons (Fsp3) is 0.619. The van der Waals surface area contributed by atoms with E-state index in [1.165, 1.54) is 51.4 Å². The van der Waals surface area contributed by atoms with Crippen LogP contribution in [0, 0.1) is 11.8 Å². The Morgan fingerprint density at radius 1 is 0.955 bits per heavy atom. The van der Waals surface area contributed by atoms with Crippen LogP contribution in [0.4, 0.5) is 0 Å². The summed E-state index contributed by atoms with van der Waals surface area (Å²) in [7, 11) is 0. The zero-order chi connectivity index (χ0) is 15.2. The largest absolute Gasteiger partial charge is 0.378 e. The highest BCUT2D eigenvalue weighted by atomic mass is 16.5. The molecule has 22 heavy (non-hydrogen) atoms. The van der Waals surface area contributed by atoms with Crippen LogP contribution in [0.1, 0.15) is 62.8 Å². The molecule has 0 aromatic heterocycles. The summed E-state index contributed by atoms with van der Waals surface area (Å²) in [6.45, 7) is 4.78. The quantitative estimate of drug-likeness (QED) is 0.631. The molecule has 2 fully saturated rings. The number of hydrogen-bond acceptors (Lipinski definition) is 1. The third-order valence-corrected chi connectivity index (χ3v) is 5.75. The SMILES string of the molecule is C=CC1CCC(CCC2CCC(c3ccccc3)CC2)OC1. The lowest BCUT2D eigenvalue weighted by Crippen LogP contribution is -2.25. The molecule has 0 radical (unpaired) electrons. The Balaban J connectivity index is 1.37. The van der Waals surface area contributed by atoms with Gasteiger partial charge in [-0.15, -0.1) is 6.58 Å². The predicted molar refractivity (Wildman–Crippen MR) is 93.0 cm³/mol. The van der Waals surface area contributed by atoms with Crippen molar-refractivity contribution >= 4 is 0 Å². The van der Waals surface area contributed by atoms with Crippen LogP contribution >= 0.6 is 0 Å². The molecule has 0 N–H and O–H groups in total. The highest BCUT2D eigenvalue weighted by Gasteiger charge is 2.24. The van der Waals surface area contributed by atoms with Gasteiger partial charge in [0, 0.05) is 5.92 Å². The molecule has 1 aromatic rings. The van der Waals surface area contributed by atoms with Gasteiger partial charge in [-0.25, -0.2) is 0 Å². The first-order valence-corrected chi connectivity index (χ1v) is 9.14. The first-order chi connectivity index (χ1) is 10.8. The fourth-order valence-corrected chi connectivity index (χ4v) is 4.17. The summed E-state index contributed by atoms with van der Waals surface area (Å²) < 4.78 is 5.99. The summed E-state index contributed by atoms with van der Waals surface area (Å²) in [6, 6.07) is 11.1. The monoisotopic (exact) mass is 298 g/mol. The van der Waals surface area contributed by atoms with Crippen molar-refractivity contribution in [2.75, 3.05) is 6.61 Å². The molecule has 0 amide bonds. The van der Waals surface area contributed by atoms with Gasteiger partial charge in [0.15, 0.2) is 0 Å². The van der Waals surface area contributed by atoms with Crippen LogP contribution < -0.4 is 0 Å². The summed E-state index contributed by atoms with van der Waals surface area (Å²) in [6.07, 6.45) is 13.3. The third-order valence-electron chi connectivity index (χ3n) is 5.75. The van der Waals surface area contributed by atoms with Gasteiger partial charge in [-0.1, -0.05) is 36.4 Å². The van der Waals surface area contributed by atoms with E-state index in [0.717, 1.165) is 18.4 Å². The summed E-state index contributed by atoms with van der Waals surface area (Å²) in [5.74, 6) is 2.33. The van der Waals surface area contributed by atoms with E-state index in [1.54, 1.807) is 5.56 Å². The van der Waals surface area contributed by atoms with E-state index >= 15 is 0 Å². The molecule has 0 bridgehead atoms. The van der Waals surface area contributed by atoms with Gasteiger partial charge < -0.3 is 4.74 Å². The van der Waals surface area contributed by atoms with Gasteiger partial charge in [0.25, 0.3) is 0 Å². The molecular weight excluding hydrogens is 268 g/mol. The van der Waals surface area contributed by atoms with E-state index in [9.17, 15) is 0 Å². The van der Waals surface area contributed by atoms with Gasteiger partial charge in [-0.3, -0.25) is 0 Å². The molecule has 1 saturated carbocycles. The topological polar surface area (TPSA) is 9.23 Å². The highest BCUT2D eigenvalue weighted by Crippen LogP contribution is 2.38. The van der Waals surface area contributed by atoms with E-state index in [-0.39, 0.29) is 0 Å². The van der Waals surface area contributed by atoms with Crippen LogP contribution in [-0.4, -0.2) is 12.7 Å². The molecular formula is C21H30O. The van der Waals surface area contributed by atoms with Crippen LogP contribution in [0.3, 0.4) is 0 Å². The number of benzene rings is 1. The number of hydrogen-bond donors (Lipinski definition) is 0. The maximum absolute atomic E-state index is 5.99. The Kier molecular flexibility index (Phi) is 5.72. The lowest BCUT2D eigenvalue weighted by Gasteiger charge is -2.31. The van der Waals surface area contributed by atoms with Crippen molar-refractivity contribution in [3.8, 4) is 0 Å². The van der Waals surface area contributed by atoms with Gasteiger partial charge in [0.1, 0.15) is 0 Å². The molecule has 2 aliphatic rings. The molecule has 0 spiro atoms. The van der Waals surface area contributed by atoms with Crippen molar-refractivity contribution in [2.24, 2.45) is 11.8 Å². The van der Waals surface area contributed by atoms with Crippen molar-refractivity contribution in [2.45, 2.75) is 63.4 Å². The summed E-state index contributed by atoms with van der Waals surface area (Å²) in [5.41, 5.74) is 1.55. The van der Waals surface area contributed by atoms with E-state index in [2.05, 4.69) is 43.0 Å². The summed E-state index contributed by atoms with van der Waals surface area (Å²) in [5, 5.41) is 0. The molecule has 1 aromatic carbocycles. The predicted octanol–water partition coefficient (Wildman–Crippen LogP) is 5.72. The van der Waals surface area contributed by atoms with Gasteiger partial charge in [0.2, 0.25) is 0 Å². The van der Waals surface area contributed by atoms with Crippen molar-refractivity contribution in [3.63, 3.8) is 0 Å². The van der Waals surface area contributed by atoms with Crippen molar-refractivity contribution < 1.29 is 4.74 Å². The smallest absolute Gasteiger partial charge is 0.0575 e.